The Bertz CT molecular complexity index is 1440. The van der Waals surface area contributed by atoms with Gasteiger partial charge in [-0.15, -0.1) is 0 Å². The van der Waals surface area contributed by atoms with E-state index in [9.17, 15) is 35.4 Å². The number of phenols is 3. The number of benzene rings is 2. The van der Waals surface area contributed by atoms with Gasteiger partial charge in [-0.05, 0) is 45.4 Å². The molecule has 11 nitrogen and oxygen atoms in total. The summed E-state index contributed by atoms with van der Waals surface area (Å²) in [6.45, 7) is 5.16. The first-order chi connectivity index (χ1) is 17.9. The number of allylic oxidation sites excluding steroid dienone is 2. The summed E-state index contributed by atoms with van der Waals surface area (Å²) in [5.41, 5.74) is 0.342. The number of hydrogen-bond acceptors (Lipinski definition) is 11. The maximum absolute atomic E-state index is 13.8. The van der Waals surface area contributed by atoms with E-state index < -0.39 is 47.6 Å². The molecule has 1 aromatic heterocycles. The molecule has 3 aromatic rings. The molecule has 38 heavy (non-hydrogen) atoms. The van der Waals surface area contributed by atoms with Crippen LogP contribution in [0.15, 0.2) is 45.1 Å². The molecular weight excluding hydrogens is 500 g/mol. The van der Waals surface area contributed by atoms with Crippen molar-refractivity contribution in [2.24, 2.45) is 0 Å². The molecule has 2 unspecified atom stereocenters. The van der Waals surface area contributed by atoms with Crippen molar-refractivity contribution in [3.05, 3.63) is 51.7 Å². The Morgan fingerprint density at radius 2 is 1.71 bits per heavy atom. The number of aliphatic hydroxyl groups is 3. The van der Waals surface area contributed by atoms with Crippen LogP contribution in [0.3, 0.4) is 0 Å². The van der Waals surface area contributed by atoms with Crippen LogP contribution in [0.4, 0.5) is 0 Å². The number of aliphatic hydroxyl groups excluding tert-OH is 3. The molecule has 1 fully saturated rings. The minimum absolute atomic E-state index is 0.114. The van der Waals surface area contributed by atoms with Gasteiger partial charge in [0.1, 0.15) is 40.8 Å². The highest BCUT2D eigenvalue weighted by molar-refractivity contribution is 5.91. The molecule has 0 bridgehead atoms. The maximum atomic E-state index is 13.8. The topological polar surface area (TPSA) is 179 Å². The fraction of sp³-hybridized carbons (Fsp3) is 0.370. The number of ether oxygens (including phenoxy) is 3. The lowest BCUT2D eigenvalue weighted by molar-refractivity contribution is -0.268. The van der Waals surface area contributed by atoms with E-state index in [2.05, 4.69) is 0 Å². The maximum Gasteiger partial charge on any atom is 0.239 e. The van der Waals surface area contributed by atoms with E-state index in [1.807, 2.05) is 13.8 Å². The molecule has 1 saturated heterocycles. The Labute approximate surface area is 217 Å². The number of phenolic OH excluding ortho intramolecular Hbond substituents is 3. The SMILES string of the molecule is COc1ccc(-c2oc3c(CC=C(C)C)c(O)cc(O)c3c(=O)c2O[C@@H]2OC(C)[C@H](O)C(O)[C@@H]2O)cc1O. The molecule has 0 aliphatic carbocycles. The highest BCUT2D eigenvalue weighted by Crippen LogP contribution is 2.41. The molecule has 0 radical (unpaired) electrons. The molecule has 204 valence electrons. The molecule has 2 aromatic carbocycles. The summed E-state index contributed by atoms with van der Waals surface area (Å²) in [4.78, 5) is 13.8. The summed E-state index contributed by atoms with van der Waals surface area (Å²) in [6.07, 6.45) is -5.36. The molecule has 0 saturated carbocycles. The first-order valence-electron chi connectivity index (χ1n) is 11.9. The van der Waals surface area contributed by atoms with Crippen LogP contribution in [0.5, 0.6) is 28.7 Å². The van der Waals surface area contributed by atoms with Gasteiger partial charge in [-0.2, -0.15) is 0 Å². The number of hydrogen-bond donors (Lipinski definition) is 6. The van der Waals surface area contributed by atoms with Gasteiger partial charge in [0, 0.05) is 17.2 Å². The molecule has 1 aliphatic rings. The smallest absolute Gasteiger partial charge is 0.239 e. The summed E-state index contributed by atoms with van der Waals surface area (Å²) in [5.74, 6) is -1.72. The van der Waals surface area contributed by atoms with Gasteiger partial charge < -0.3 is 49.3 Å². The van der Waals surface area contributed by atoms with Gasteiger partial charge in [-0.25, -0.2) is 0 Å². The normalized spacial score (nSPS) is 23.3. The van der Waals surface area contributed by atoms with Crippen molar-refractivity contribution >= 4 is 11.0 Å². The van der Waals surface area contributed by atoms with Crippen molar-refractivity contribution in [2.45, 2.75) is 57.9 Å². The molecule has 0 spiro atoms. The molecule has 2 heterocycles. The van der Waals surface area contributed by atoms with E-state index >= 15 is 0 Å². The van der Waals surface area contributed by atoms with Crippen molar-refractivity contribution in [1.29, 1.82) is 0 Å². The second kappa shape index (κ2) is 10.5. The summed E-state index contributed by atoms with van der Waals surface area (Å²) in [6, 6.07) is 5.18. The summed E-state index contributed by atoms with van der Waals surface area (Å²) in [7, 11) is 1.36. The van der Waals surface area contributed by atoms with Crippen molar-refractivity contribution in [2.75, 3.05) is 7.11 Å². The lowest BCUT2D eigenvalue weighted by atomic mass is 10.00. The van der Waals surface area contributed by atoms with Gasteiger partial charge in [0.15, 0.2) is 17.3 Å². The van der Waals surface area contributed by atoms with Gasteiger partial charge in [0.05, 0.1) is 13.2 Å². The Kier molecular flexibility index (Phi) is 7.56. The predicted octanol–water partition coefficient (Wildman–Crippen LogP) is 2.30. The second-order valence-electron chi connectivity index (χ2n) is 9.36. The van der Waals surface area contributed by atoms with E-state index in [0.717, 1.165) is 11.6 Å². The zero-order chi connectivity index (χ0) is 27.9. The minimum Gasteiger partial charge on any atom is -0.507 e. The van der Waals surface area contributed by atoms with Crippen molar-refractivity contribution < 1.29 is 49.3 Å². The quantitative estimate of drug-likeness (QED) is 0.258. The van der Waals surface area contributed by atoms with Crippen LogP contribution < -0.4 is 14.9 Å². The number of rotatable bonds is 6. The van der Waals surface area contributed by atoms with Crippen LogP contribution in [-0.4, -0.2) is 68.5 Å². The number of fused-ring (bicyclic) bond motifs is 1. The highest BCUT2D eigenvalue weighted by atomic mass is 16.7. The molecule has 4 rings (SSSR count). The Morgan fingerprint density at radius 1 is 1.00 bits per heavy atom. The van der Waals surface area contributed by atoms with Gasteiger partial charge in [-0.1, -0.05) is 11.6 Å². The molecule has 1 aliphatic heterocycles. The monoisotopic (exact) mass is 530 g/mol. The number of aromatic hydroxyl groups is 3. The number of methoxy groups -OCH3 is 1. The third-order valence-electron chi connectivity index (χ3n) is 6.38. The predicted molar refractivity (Wildman–Crippen MR) is 136 cm³/mol. The van der Waals surface area contributed by atoms with E-state index in [1.165, 1.54) is 32.2 Å². The lowest BCUT2D eigenvalue weighted by Crippen LogP contribution is -2.58. The van der Waals surface area contributed by atoms with Crippen LogP contribution in [0.1, 0.15) is 26.3 Å². The van der Waals surface area contributed by atoms with Gasteiger partial charge in [0.25, 0.3) is 0 Å². The van der Waals surface area contributed by atoms with Crippen LogP contribution in [0.2, 0.25) is 0 Å². The summed E-state index contributed by atoms with van der Waals surface area (Å²) >= 11 is 0. The zero-order valence-electron chi connectivity index (χ0n) is 21.2. The van der Waals surface area contributed by atoms with Crippen LogP contribution in [0, 0.1) is 0 Å². The van der Waals surface area contributed by atoms with Crippen molar-refractivity contribution in [3.8, 4) is 40.1 Å². The van der Waals surface area contributed by atoms with E-state index in [4.69, 9.17) is 18.6 Å². The third kappa shape index (κ3) is 4.88. The lowest BCUT2D eigenvalue weighted by Gasteiger charge is -2.38. The molecule has 6 N–H and O–H groups in total. The van der Waals surface area contributed by atoms with E-state index in [0.29, 0.717) is 0 Å². The Balaban J connectivity index is 1.99. The summed E-state index contributed by atoms with van der Waals surface area (Å²) < 4.78 is 22.4. The fourth-order valence-electron chi connectivity index (χ4n) is 4.23. The van der Waals surface area contributed by atoms with Crippen LogP contribution in [0.25, 0.3) is 22.3 Å². The Hall–Kier alpha value is -3.77. The molecular formula is C27H30O11. The van der Waals surface area contributed by atoms with Crippen LogP contribution in [-0.2, 0) is 11.2 Å². The van der Waals surface area contributed by atoms with E-state index in [1.54, 1.807) is 6.08 Å². The average molecular weight is 531 g/mol. The first kappa shape index (κ1) is 27.3. The van der Waals surface area contributed by atoms with Gasteiger partial charge in [0.2, 0.25) is 17.5 Å². The van der Waals surface area contributed by atoms with E-state index in [-0.39, 0.29) is 51.5 Å². The minimum atomic E-state index is -1.74. The average Bonchev–Trinajstić information content (AvgIpc) is 2.86. The van der Waals surface area contributed by atoms with Gasteiger partial charge >= 0.3 is 0 Å². The summed E-state index contributed by atoms with van der Waals surface area (Å²) in [5, 5.41) is 62.0. The highest BCUT2D eigenvalue weighted by Gasteiger charge is 2.44. The van der Waals surface area contributed by atoms with Crippen molar-refractivity contribution in [3.63, 3.8) is 0 Å². The second-order valence-corrected chi connectivity index (χ2v) is 9.36. The first-order valence-corrected chi connectivity index (χ1v) is 11.9. The molecule has 5 atom stereocenters. The fourth-order valence-corrected chi connectivity index (χ4v) is 4.23. The van der Waals surface area contributed by atoms with Crippen LogP contribution >= 0.6 is 0 Å². The van der Waals surface area contributed by atoms with Gasteiger partial charge in [-0.3, -0.25) is 4.79 Å². The molecule has 11 heteroatoms. The third-order valence-corrected chi connectivity index (χ3v) is 6.38. The standard InChI is InChI=1S/C27H30O11/c1-11(2)5-7-14-15(28)10-17(30)19-21(32)26(38-27-23(34)22(33)20(31)12(3)36-27)24(37-25(14)19)13-6-8-18(35-4)16(29)9-13/h5-6,8-10,12,20,22-23,27-31,33-34H,7H2,1-4H3/t12?,20-,22?,23-,27-/m0/s1. The molecule has 0 amide bonds. The largest absolute Gasteiger partial charge is 0.507 e. The zero-order valence-corrected chi connectivity index (χ0v) is 21.2. The Morgan fingerprint density at radius 3 is 2.34 bits per heavy atom. The van der Waals surface area contributed by atoms with Crippen molar-refractivity contribution in [1.82, 2.24) is 0 Å².